The molecule has 1 fully saturated rings. The minimum absolute atomic E-state index is 0.241. The zero-order chi connectivity index (χ0) is 22.0. The Hall–Kier alpha value is -3.34. The predicted molar refractivity (Wildman–Crippen MR) is 117 cm³/mol. The number of nitrogens with one attached hydrogen (secondary N) is 2. The molecule has 2 aliphatic rings. The van der Waals surface area contributed by atoms with E-state index in [0.717, 1.165) is 32.4 Å². The van der Waals surface area contributed by atoms with Crippen molar-refractivity contribution in [2.24, 2.45) is 11.8 Å². The average molecular weight is 422 g/mol. The van der Waals surface area contributed by atoms with Gasteiger partial charge in [-0.3, -0.25) is 14.6 Å². The smallest absolute Gasteiger partial charge is 0.258 e. The van der Waals surface area contributed by atoms with Crippen molar-refractivity contribution in [3.05, 3.63) is 45.7 Å². The number of nitrogens with zero attached hydrogens (tertiary/aromatic N) is 3. The van der Waals surface area contributed by atoms with Gasteiger partial charge in [-0.05, 0) is 42.9 Å². The second kappa shape index (κ2) is 8.80. The molecule has 0 saturated carbocycles. The number of ether oxygens (including phenoxy) is 1. The van der Waals surface area contributed by atoms with Gasteiger partial charge in [0, 0.05) is 19.0 Å². The van der Waals surface area contributed by atoms with Crippen LogP contribution < -0.4 is 20.5 Å². The molecular weight excluding hydrogens is 394 g/mol. The first-order valence-electron chi connectivity index (χ1n) is 10.8. The summed E-state index contributed by atoms with van der Waals surface area (Å²) < 4.78 is 5.63. The minimum Gasteiger partial charge on any atom is -0.494 e. The lowest BCUT2D eigenvalue weighted by Gasteiger charge is -2.33. The average Bonchev–Trinajstić information content (AvgIpc) is 2.77. The summed E-state index contributed by atoms with van der Waals surface area (Å²) in [5.41, 5.74) is 0.705. The second-order valence-electron chi connectivity index (χ2n) is 8.31. The lowest BCUT2D eigenvalue weighted by molar-refractivity contribution is -0.119. The van der Waals surface area contributed by atoms with Crippen LogP contribution in [0.25, 0.3) is 0 Å². The second-order valence-corrected chi connectivity index (χ2v) is 8.31. The first-order valence-corrected chi connectivity index (χ1v) is 10.8. The molecule has 0 aliphatic carbocycles. The number of carbonyl (C=O) groups excluding carboxylic acids is 1. The van der Waals surface area contributed by atoms with Crippen LogP contribution in [0.1, 0.15) is 50.2 Å². The van der Waals surface area contributed by atoms with Gasteiger partial charge in [0.25, 0.3) is 5.56 Å². The molecular formula is C23H27N5O3. The third-order valence-corrected chi connectivity index (χ3v) is 6.05. The van der Waals surface area contributed by atoms with Crippen molar-refractivity contribution in [1.82, 2.24) is 9.97 Å². The van der Waals surface area contributed by atoms with E-state index in [4.69, 9.17) is 4.74 Å². The van der Waals surface area contributed by atoms with E-state index in [-0.39, 0.29) is 11.4 Å². The highest BCUT2D eigenvalue weighted by atomic mass is 16.5. The Morgan fingerprint density at radius 3 is 2.58 bits per heavy atom. The fourth-order valence-electron chi connectivity index (χ4n) is 4.22. The fourth-order valence-corrected chi connectivity index (χ4v) is 4.22. The van der Waals surface area contributed by atoms with Crippen molar-refractivity contribution >= 4 is 17.7 Å². The number of H-pyrrole nitrogens is 1. The molecule has 0 spiro atoms. The van der Waals surface area contributed by atoms with Gasteiger partial charge >= 0.3 is 0 Å². The van der Waals surface area contributed by atoms with E-state index in [0.29, 0.717) is 35.3 Å². The highest BCUT2D eigenvalue weighted by Crippen LogP contribution is 2.38. The Morgan fingerprint density at radius 1 is 1.23 bits per heavy atom. The van der Waals surface area contributed by atoms with Crippen molar-refractivity contribution in [2.45, 2.75) is 39.0 Å². The van der Waals surface area contributed by atoms with Crippen LogP contribution in [-0.4, -0.2) is 35.6 Å². The number of piperidine rings is 1. The topological polar surface area (TPSA) is 111 Å². The zero-order valence-electron chi connectivity index (χ0n) is 17.9. The van der Waals surface area contributed by atoms with Crippen LogP contribution in [0.4, 0.5) is 11.8 Å². The molecule has 2 unspecified atom stereocenters. The fraction of sp³-hybridized carbons (Fsp3) is 0.478. The third-order valence-electron chi connectivity index (χ3n) is 6.05. The Morgan fingerprint density at radius 2 is 1.94 bits per heavy atom. The molecule has 2 N–H and O–H groups in total. The van der Waals surface area contributed by atoms with Gasteiger partial charge in [0.05, 0.1) is 18.2 Å². The quantitative estimate of drug-likeness (QED) is 0.768. The van der Waals surface area contributed by atoms with E-state index in [9.17, 15) is 14.9 Å². The summed E-state index contributed by atoms with van der Waals surface area (Å²) in [6.45, 7) is 6.46. The lowest BCUT2D eigenvalue weighted by Crippen LogP contribution is -2.40. The Kier molecular flexibility index (Phi) is 5.94. The van der Waals surface area contributed by atoms with Crippen molar-refractivity contribution in [3.63, 3.8) is 0 Å². The van der Waals surface area contributed by atoms with Gasteiger partial charge in [-0.15, -0.1) is 0 Å². The van der Waals surface area contributed by atoms with Gasteiger partial charge < -0.3 is 15.0 Å². The molecule has 31 heavy (non-hydrogen) atoms. The highest BCUT2D eigenvalue weighted by Gasteiger charge is 2.40. The molecule has 1 amide bonds. The van der Waals surface area contributed by atoms with Crippen LogP contribution in [0, 0.1) is 23.2 Å². The minimum atomic E-state index is -1.01. The molecule has 1 saturated heterocycles. The van der Waals surface area contributed by atoms with Crippen LogP contribution in [0.2, 0.25) is 0 Å². The maximum Gasteiger partial charge on any atom is 0.258 e. The molecule has 8 heteroatoms. The third kappa shape index (κ3) is 4.13. The molecule has 0 radical (unpaired) electrons. The van der Waals surface area contributed by atoms with Crippen LogP contribution >= 0.6 is 0 Å². The summed E-state index contributed by atoms with van der Waals surface area (Å²) in [5, 5.41) is 12.4. The Labute approximate surface area is 181 Å². The number of hydrogen-bond acceptors (Lipinski definition) is 6. The predicted octanol–water partition coefficient (Wildman–Crippen LogP) is 3.02. The molecule has 0 bridgehead atoms. The van der Waals surface area contributed by atoms with Crippen LogP contribution in [-0.2, 0) is 4.79 Å². The first kappa shape index (κ1) is 20.9. The number of fused-ring (bicyclic) bond motifs is 1. The number of amides is 1. The van der Waals surface area contributed by atoms with Crippen LogP contribution in [0.15, 0.2) is 29.1 Å². The van der Waals surface area contributed by atoms with E-state index < -0.39 is 17.7 Å². The summed E-state index contributed by atoms with van der Waals surface area (Å²) in [7, 11) is 0. The van der Waals surface area contributed by atoms with Gasteiger partial charge in [-0.2, -0.15) is 10.2 Å². The van der Waals surface area contributed by atoms with E-state index in [1.165, 1.54) is 0 Å². The SMILES string of the molecule is CCCOc1ccc(C2c3c(nc(N4CCC(C)CC4)[nH]c3=O)NC(=O)C2C#N)cc1. The molecule has 2 atom stereocenters. The van der Waals surface area contributed by atoms with Gasteiger partial charge in [-0.25, -0.2) is 0 Å². The number of aromatic amines is 1. The van der Waals surface area contributed by atoms with E-state index in [1.807, 2.05) is 24.0 Å². The van der Waals surface area contributed by atoms with Gasteiger partial charge in [0.15, 0.2) is 0 Å². The van der Waals surface area contributed by atoms with Crippen molar-refractivity contribution in [3.8, 4) is 11.8 Å². The Balaban J connectivity index is 1.72. The number of hydrogen-bond donors (Lipinski definition) is 2. The maximum absolute atomic E-state index is 13.1. The lowest BCUT2D eigenvalue weighted by atomic mass is 9.79. The van der Waals surface area contributed by atoms with Crippen molar-refractivity contribution in [1.29, 1.82) is 5.26 Å². The molecule has 2 aromatic rings. The number of benzene rings is 1. The standard InChI is InChI=1S/C23H27N5O3/c1-3-12-31-16-6-4-15(5-7-16)18-17(13-24)21(29)25-20-19(18)22(30)27-23(26-20)28-10-8-14(2)9-11-28/h4-7,14,17-18H,3,8-12H2,1-2H3,(H2,25,26,27,29,30). The largest absolute Gasteiger partial charge is 0.494 e. The molecule has 1 aromatic heterocycles. The summed E-state index contributed by atoms with van der Waals surface area (Å²) in [6, 6.07) is 9.29. The van der Waals surface area contributed by atoms with Crippen LogP contribution in [0.5, 0.6) is 5.75 Å². The Bertz CT molecular complexity index is 1050. The molecule has 8 nitrogen and oxygen atoms in total. The monoisotopic (exact) mass is 421 g/mol. The van der Waals surface area contributed by atoms with Gasteiger partial charge in [0.1, 0.15) is 17.5 Å². The molecule has 1 aromatic carbocycles. The number of anilines is 2. The number of aromatic nitrogens is 2. The molecule has 3 heterocycles. The van der Waals surface area contributed by atoms with Crippen molar-refractivity contribution in [2.75, 3.05) is 29.9 Å². The van der Waals surface area contributed by atoms with Crippen LogP contribution in [0.3, 0.4) is 0 Å². The maximum atomic E-state index is 13.1. The summed E-state index contributed by atoms with van der Waals surface area (Å²) in [6.07, 6.45) is 2.95. The van der Waals surface area contributed by atoms with E-state index in [2.05, 4.69) is 28.3 Å². The first-order chi connectivity index (χ1) is 15.0. The summed E-state index contributed by atoms with van der Waals surface area (Å²) in [4.78, 5) is 35.4. The zero-order valence-corrected chi connectivity index (χ0v) is 17.9. The summed E-state index contributed by atoms with van der Waals surface area (Å²) in [5.74, 6) is -0.0898. The highest BCUT2D eigenvalue weighted by molar-refractivity contribution is 5.98. The molecule has 4 rings (SSSR count). The normalized spacial score (nSPS) is 21.2. The molecule has 162 valence electrons. The summed E-state index contributed by atoms with van der Waals surface area (Å²) >= 11 is 0. The molecule has 2 aliphatic heterocycles. The van der Waals surface area contributed by atoms with Gasteiger partial charge in [-0.1, -0.05) is 26.0 Å². The van der Waals surface area contributed by atoms with E-state index >= 15 is 0 Å². The number of rotatable bonds is 5. The number of carbonyl (C=O) groups is 1. The van der Waals surface area contributed by atoms with Crippen molar-refractivity contribution < 1.29 is 9.53 Å². The van der Waals surface area contributed by atoms with E-state index in [1.54, 1.807) is 12.1 Å². The van der Waals surface area contributed by atoms with Gasteiger partial charge in [0.2, 0.25) is 11.9 Å². The number of nitriles is 1.